The fourth-order valence-corrected chi connectivity index (χ4v) is 4.20. The highest BCUT2D eigenvalue weighted by Crippen LogP contribution is 2.36. The Morgan fingerprint density at radius 2 is 2.10 bits per heavy atom. The Morgan fingerprint density at radius 1 is 1.40 bits per heavy atom. The number of allylic oxidation sites excluding steroid dienone is 1. The van der Waals surface area contributed by atoms with Gasteiger partial charge in [-0.15, -0.1) is 0 Å². The van der Waals surface area contributed by atoms with Crippen molar-refractivity contribution in [1.82, 2.24) is 4.98 Å². The van der Waals surface area contributed by atoms with Crippen LogP contribution >= 0.6 is 27.3 Å². The van der Waals surface area contributed by atoms with E-state index in [9.17, 15) is 0 Å². The molecule has 1 saturated carbocycles. The Labute approximate surface area is 134 Å². The maximum absolute atomic E-state index is 5.42. The minimum Gasteiger partial charge on any atom is -0.480 e. The summed E-state index contributed by atoms with van der Waals surface area (Å²) in [6.45, 7) is 0. The molecule has 0 N–H and O–H groups in total. The van der Waals surface area contributed by atoms with Crippen molar-refractivity contribution in [3.05, 3.63) is 10.5 Å². The van der Waals surface area contributed by atoms with Crippen molar-refractivity contribution in [3.63, 3.8) is 0 Å². The summed E-state index contributed by atoms with van der Waals surface area (Å²) in [5.74, 6) is 1.46. The predicted octanol–water partition coefficient (Wildman–Crippen LogP) is 4.58. The van der Waals surface area contributed by atoms with E-state index in [2.05, 4.69) is 27.0 Å². The first-order chi connectivity index (χ1) is 9.65. The molecule has 1 fully saturated rings. The molecule has 0 saturated heterocycles. The Hall–Kier alpha value is -0.550. The summed E-state index contributed by atoms with van der Waals surface area (Å²) < 4.78 is 5.42. The van der Waals surface area contributed by atoms with Gasteiger partial charge in [0.15, 0.2) is 5.13 Å². The van der Waals surface area contributed by atoms with Gasteiger partial charge in [-0.1, -0.05) is 52.1 Å². The first-order valence-electron chi connectivity index (χ1n) is 7.14. The van der Waals surface area contributed by atoms with Crippen LogP contribution in [-0.2, 0) is 0 Å². The van der Waals surface area contributed by atoms with Gasteiger partial charge in [0, 0.05) is 19.4 Å². The maximum Gasteiger partial charge on any atom is 0.233 e. The molecule has 0 unspecified atom stereocenters. The molecule has 1 aromatic heterocycles. The van der Waals surface area contributed by atoms with Gasteiger partial charge in [-0.05, 0) is 24.8 Å². The van der Waals surface area contributed by atoms with Crippen LogP contribution in [0.5, 0.6) is 5.88 Å². The number of hydrogen-bond donors (Lipinski definition) is 0. The number of halogens is 1. The normalized spacial score (nSPS) is 17.3. The van der Waals surface area contributed by atoms with Gasteiger partial charge in [-0.2, -0.15) is 4.98 Å². The minimum atomic E-state index is 0.720. The maximum atomic E-state index is 5.42. The highest BCUT2D eigenvalue weighted by Gasteiger charge is 2.19. The van der Waals surface area contributed by atoms with Gasteiger partial charge in [-0.3, -0.25) is 0 Å². The van der Waals surface area contributed by atoms with Gasteiger partial charge in [0.1, 0.15) is 0 Å². The molecular formula is C15H23BrN2OS. The molecule has 0 spiro atoms. The van der Waals surface area contributed by atoms with E-state index in [0.717, 1.165) is 27.1 Å². The molecule has 0 aromatic carbocycles. The van der Waals surface area contributed by atoms with Crippen molar-refractivity contribution in [3.8, 4) is 5.88 Å². The van der Waals surface area contributed by atoms with E-state index in [0.29, 0.717) is 0 Å². The summed E-state index contributed by atoms with van der Waals surface area (Å²) in [6.07, 6.45) is 9.03. The van der Waals surface area contributed by atoms with Crippen molar-refractivity contribution in [1.29, 1.82) is 0 Å². The molecule has 112 valence electrons. The van der Waals surface area contributed by atoms with Gasteiger partial charge in [-0.25, -0.2) is 0 Å². The zero-order valence-electron chi connectivity index (χ0n) is 12.5. The van der Waals surface area contributed by atoms with E-state index in [-0.39, 0.29) is 0 Å². The van der Waals surface area contributed by atoms with Crippen LogP contribution in [0.3, 0.4) is 0 Å². The van der Waals surface area contributed by atoms with Gasteiger partial charge >= 0.3 is 0 Å². The summed E-state index contributed by atoms with van der Waals surface area (Å²) in [4.78, 5) is 7.69. The minimum absolute atomic E-state index is 0.720. The molecule has 20 heavy (non-hydrogen) atoms. The van der Waals surface area contributed by atoms with Crippen LogP contribution in [0.4, 0.5) is 5.13 Å². The van der Waals surface area contributed by atoms with Crippen LogP contribution in [0.15, 0.2) is 5.57 Å². The summed E-state index contributed by atoms with van der Waals surface area (Å²) in [5.41, 5.74) is 1.48. The molecule has 1 aromatic rings. The Morgan fingerprint density at radius 3 is 2.65 bits per heavy atom. The monoisotopic (exact) mass is 358 g/mol. The summed E-state index contributed by atoms with van der Waals surface area (Å²) in [7, 11) is 5.72. The number of nitrogens with zero attached hydrogens (tertiary/aromatic N) is 2. The van der Waals surface area contributed by atoms with Crippen LogP contribution in [-0.4, -0.2) is 31.5 Å². The second-order valence-corrected chi connectivity index (χ2v) is 7.02. The highest BCUT2D eigenvalue weighted by molar-refractivity contribution is 9.09. The Kier molecular flexibility index (Phi) is 5.90. The van der Waals surface area contributed by atoms with E-state index < -0.39 is 0 Å². The topological polar surface area (TPSA) is 25.4 Å². The molecule has 0 atom stereocenters. The molecule has 0 aliphatic heterocycles. The lowest BCUT2D eigenvalue weighted by molar-refractivity contribution is 0.398. The van der Waals surface area contributed by atoms with Gasteiger partial charge in [0.05, 0.1) is 12.0 Å². The van der Waals surface area contributed by atoms with E-state index in [1.807, 2.05) is 19.0 Å². The molecule has 1 heterocycles. The van der Waals surface area contributed by atoms with Crippen molar-refractivity contribution in [2.45, 2.75) is 32.1 Å². The average molecular weight is 359 g/mol. The number of thiazole rings is 1. The zero-order chi connectivity index (χ0) is 14.5. The van der Waals surface area contributed by atoms with E-state index in [4.69, 9.17) is 4.74 Å². The molecule has 0 radical (unpaired) electrons. The number of anilines is 1. The van der Waals surface area contributed by atoms with Crippen LogP contribution in [0.2, 0.25) is 0 Å². The largest absolute Gasteiger partial charge is 0.480 e. The van der Waals surface area contributed by atoms with Gasteiger partial charge < -0.3 is 9.64 Å². The lowest BCUT2D eigenvalue weighted by Gasteiger charge is -2.23. The third-order valence-corrected chi connectivity index (χ3v) is 5.58. The fraction of sp³-hybridized carbons (Fsp3) is 0.667. The van der Waals surface area contributed by atoms with E-state index in [1.54, 1.807) is 18.4 Å². The number of ether oxygens (including phenoxy) is 1. The number of alkyl halides is 1. The third-order valence-electron chi connectivity index (χ3n) is 3.79. The lowest BCUT2D eigenvalue weighted by Crippen LogP contribution is -2.10. The highest BCUT2D eigenvalue weighted by atomic mass is 79.9. The van der Waals surface area contributed by atoms with Crippen LogP contribution in [0, 0.1) is 5.92 Å². The SMILES string of the molecule is COc1nc(N(C)C)sc1/C=C(/CBr)C1CCCCC1. The van der Waals surface area contributed by atoms with Gasteiger partial charge in [0.25, 0.3) is 0 Å². The summed E-state index contributed by atoms with van der Waals surface area (Å²) >= 11 is 5.35. The number of rotatable bonds is 5. The van der Waals surface area contributed by atoms with Crippen molar-refractivity contribution < 1.29 is 4.74 Å². The number of hydrogen-bond acceptors (Lipinski definition) is 4. The Balaban J connectivity index is 2.25. The second kappa shape index (κ2) is 7.46. The van der Waals surface area contributed by atoms with Crippen molar-refractivity contribution in [2.75, 3.05) is 31.4 Å². The quantitative estimate of drug-likeness (QED) is 0.720. The van der Waals surface area contributed by atoms with E-state index >= 15 is 0 Å². The molecule has 1 aliphatic carbocycles. The molecule has 0 bridgehead atoms. The second-order valence-electron chi connectivity index (χ2n) is 5.45. The predicted molar refractivity (Wildman–Crippen MR) is 91.3 cm³/mol. The standard InChI is InChI=1S/C15H23BrN2OS/c1-18(2)15-17-14(19-3)13(20-15)9-12(10-16)11-7-5-4-6-8-11/h9,11H,4-8,10H2,1-3H3/b12-9-. The first-order valence-corrected chi connectivity index (χ1v) is 9.08. The van der Waals surface area contributed by atoms with Crippen molar-refractivity contribution in [2.24, 2.45) is 5.92 Å². The fourth-order valence-electron chi connectivity index (χ4n) is 2.64. The Bertz CT molecular complexity index is 464. The third kappa shape index (κ3) is 3.76. The lowest BCUT2D eigenvalue weighted by atomic mass is 9.84. The van der Waals surface area contributed by atoms with Crippen LogP contribution in [0.1, 0.15) is 37.0 Å². The number of methoxy groups -OCH3 is 1. The molecule has 3 nitrogen and oxygen atoms in total. The first kappa shape index (κ1) is 15.8. The average Bonchev–Trinajstić information content (AvgIpc) is 2.89. The molecule has 5 heteroatoms. The molecular weight excluding hydrogens is 336 g/mol. The van der Waals surface area contributed by atoms with Crippen LogP contribution < -0.4 is 9.64 Å². The summed E-state index contributed by atoms with van der Waals surface area (Å²) in [6, 6.07) is 0. The molecule has 1 aliphatic rings. The molecule has 2 rings (SSSR count). The van der Waals surface area contributed by atoms with E-state index in [1.165, 1.54) is 37.7 Å². The van der Waals surface area contributed by atoms with Gasteiger partial charge in [0.2, 0.25) is 5.88 Å². The number of aromatic nitrogens is 1. The van der Waals surface area contributed by atoms with Crippen molar-refractivity contribution >= 4 is 38.5 Å². The molecule has 0 amide bonds. The smallest absolute Gasteiger partial charge is 0.233 e. The van der Waals surface area contributed by atoms with Crippen LogP contribution in [0.25, 0.3) is 6.08 Å². The summed E-state index contributed by atoms with van der Waals surface area (Å²) in [5, 5.41) is 1.93. The zero-order valence-corrected chi connectivity index (χ0v) is 14.9.